The van der Waals surface area contributed by atoms with E-state index in [4.69, 9.17) is 17.3 Å². The Labute approximate surface area is 222 Å². The number of piperidine rings is 1. The molecule has 1 unspecified atom stereocenters. The van der Waals surface area contributed by atoms with Crippen molar-refractivity contribution >= 4 is 34.0 Å². The molecule has 3 aromatic rings. The number of nitrogens with two attached hydrogens (primary N) is 1. The second kappa shape index (κ2) is 10.9. The van der Waals surface area contributed by atoms with E-state index in [-0.39, 0.29) is 16.8 Å². The first-order chi connectivity index (χ1) is 17.8. The molecule has 0 amide bonds. The lowest BCUT2D eigenvalue weighted by Gasteiger charge is -2.36. The molecule has 1 aliphatic heterocycles. The van der Waals surface area contributed by atoms with Crippen molar-refractivity contribution in [2.45, 2.75) is 57.5 Å². The molecule has 0 radical (unpaired) electrons. The number of fused-ring (bicyclic) bond motifs is 1. The number of hydrogen-bond donors (Lipinski definition) is 3. The smallest absolute Gasteiger partial charge is 0.170 e. The van der Waals surface area contributed by atoms with Crippen molar-refractivity contribution in [3.8, 4) is 16.9 Å². The predicted molar refractivity (Wildman–Crippen MR) is 147 cm³/mol. The number of pyridine rings is 1. The van der Waals surface area contributed by atoms with E-state index in [1.807, 2.05) is 18.2 Å². The summed E-state index contributed by atoms with van der Waals surface area (Å²) in [4.78, 5) is 19.6. The number of ketones is 1. The number of Topliss-reactive ketones (excluding diaryl/α,β-unsaturated/α-hetero) is 1. The van der Waals surface area contributed by atoms with E-state index in [2.05, 4.69) is 15.2 Å². The van der Waals surface area contributed by atoms with Crippen LogP contribution in [0.4, 0.5) is 10.1 Å². The summed E-state index contributed by atoms with van der Waals surface area (Å²) in [5.41, 5.74) is 9.50. The lowest BCUT2D eigenvalue weighted by Crippen LogP contribution is -2.45. The molecule has 0 bridgehead atoms. The van der Waals surface area contributed by atoms with E-state index in [1.165, 1.54) is 18.6 Å². The van der Waals surface area contributed by atoms with Gasteiger partial charge < -0.3 is 21.1 Å². The Hall–Kier alpha value is -2.74. The van der Waals surface area contributed by atoms with Crippen LogP contribution in [0.5, 0.6) is 5.75 Å². The monoisotopic (exact) mass is 524 g/mol. The maximum absolute atomic E-state index is 14.2. The van der Waals surface area contributed by atoms with Crippen LogP contribution in [0.3, 0.4) is 0 Å². The van der Waals surface area contributed by atoms with Crippen LogP contribution in [0.15, 0.2) is 36.5 Å². The highest BCUT2D eigenvalue weighted by Crippen LogP contribution is 2.37. The van der Waals surface area contributed by atoms with Gasteiger partial charge in [-0.15, -0.1) is 0 Å². The standard InChI is InChI=1S/C29H34ClFN4O2/c1-17(36)24-14-33-27-9-6-19(20-12-25(30)29(37)26(31)13-20)11-23(27)28(24)34-22-7-4-18(5-8-22)15-35-10-2-3-21(32)16-35/h6,9,11-14,18,21-22,37H,2-5,7-8,10,15-16,32H2,1H3,(H,33,34)/t18-,21?,22-. The number of hydrogen-bond acceptors (Lipinski definition) is 6. The molecule has 2 heterocycles. The molecule has 5 rings (SSSR count). The molecule has 37 heavy (non-hydrogen) atoms. The van der Waals surface area contributed by atoms with Crippen molar-refractivity contribution in [2.75, 3.05) is 25.0 Å². The Morgan fingerprint density at radius 3 is 2.68 bits per heavy atom. The van der Waals surface area contributed by atoms with Crippen LogP contribution >= 0.6 is 11.6 Å². The summed E-state index contributed by atoms with van der Waals surface area (Å²) < 4.78 is 14.2. The fraction of sp³-hybridized carbons (Fsp3) is 0.448. The lowest BCUT2D eigenvalue weighted by atomic mass is 9.85. The average molecular weight is 525 g/mol. The van der Waals surface area contributed by atoms with Gasteiger partial charge in [0.05, 0.1) is 21.8 Å². The molecule has 6 nitrogen and oxygen atoms in total. The largest absolute Gasteiger partial charge is 0.504 e. The van der Waals surface area contributed by atoms with Crippen molar-refractivity contribution in [1.29, 1.82) is 0 Å². The number of aromatic hydroxyl groups is 1. The zero-order chi connectivity index (χ0) is 26.1. The number of benzene rings is 2. The van der Waals surface area contributed by atoms with E-state index in [1.54, 1.807) is 13.1 Å². The normalized spacial score (nSPS) is 22.8. The number of phenolic OH excluding ortho intramolecular Hbond substituents is 1. The number of carbonyl (C=O) groups is 1. The molecule has 1 aromatic heterocycles. The Balaban J connectivity index is 1.38. The van der Waals surface area contributed by atoms with Gasteiger partial charge in [0.25, 0.3) is 0 Å². The summed E-state index contributed by atoms with van der Waals surface area (Å²) >= 11 is 6.03. The van der Waals surface area contributed by atoms with Gasteiger partial charge >= 0.3 is 0 Å². The van der Waals surface area contributed by atoms with E-state index in [0.29, 0.717) is 23.1 Å². The molecule has 4 N–H and O–H groups in total. The Morgan fingerprint density at radius 2 is 1.97 bits per heavy atom. The fourth-order valence-corrected chi connectivity index (χ4v) is 6.05. The SMILES string of the molecule is CC(=O)c1cnc2ccc(-c3cc(F)c(O)c(Cl)c3)cc2c1N[C@H]1CC[C@H](CN2CCCC(N)C2)CC1. The first-order valence-corrected chi connectivity index (χ1v) is 13.5. The minimum Gasteiger partial charge on any atom is -0.504 e. The first-order valence-electron chi connectivity index (χ1n) is 13.1. The van der Waals surface area contributed by atoms with Gasteiger partial charge in [-0.3, -0.25) is 9.78 Å². The molecule has 1 saturated carbocycles. The van der Waals surface area contributed by atoms with E-state index in [0.717, 1.165) is 73.9 Å². The predicted octanol–water partition coefficient (Wildman–Crippen LogP) is 6.00. The van der Waals surface area contributed by atoms with Crippen LogP contribution in [0.1, 0.15) is 55.8 Å². The Kier molecular flexibility index (Phi) is 7.65. The van der Waals surface area contributed by atoms with Gasteiger partial charge in [-0.25, -0.2) is 4.39 Å². The second-order valence-corrected chi connectivity index (χ2v) is 11.1. The first kappa shape index (κ1) is 25.9. The van der Waals surface area contributed by atoms with E-state index in [9.17, 15) is 14.3 Å². The van der Waals surface area contributed by atoms with Crippen LogP contribution in [-0.4, -0.2) is 52.5 Å². The van der Waals surface area contributed by atoms with Crippen molar-refractivity contribution in [3.05, 3.63) is 52.9 Å². The number of phenols is 1. The van der Waals surface area contributed by atoms with Crippen LogP contribution in [0, 0.1) is 11.7 Å². The van der Waals surface area contributed by atoms with Gasteiger partial charge in [-0.2, -0.15) is 0 Å². The molecular formula is C29H34ClFN4O2. The minimum absolute atomic E-state index is 0.0487. The summed E-state index contributed by atoms with van der Waals surface area (Å²) in [6, 6.07) is 8.96. The number of carbonyl (C=O) groups excluding carboxylic acids is 1. The maximum Gasteiger partial charge on any atom is 0.170 e. The number of anilines is 1. The van der Waals surface area contributed by atoms with Gasteiger partial charge in [0.15, 0.2) is 17.3 Å². The van der Waals surface area contributed by atoms with Gasteiger partial charge in [0, 0.05) is 36.8 Å². The minimum atomic E-state index is -0.778. The van der Waals surface area contributed by atoms with Gasteiger partial charge in [0.1, 0.15) is 0 Å². The molecule has 1 aliphatic carbocycles. The van der Waals surface area contributed by atoms with Gasteiger partial charge in [0.2, 0.25) is 0 Å². The van der Waals surface area contributed by atoms with Gasteiger partial charge in [-0.05, 0) is 93.3 Å². The topological polar surface area (TPSA) is 91.5 Å². The number of aromatic nitrogens is 1. The third kappa shape index (κ3) is 5.74. The Bertz CT molecular complexity index is 1290. The second-order valence-electron chi connectivity index (χ2n) is 10.6. The lowest BCUT2D eigenvalue weighted by molar-refractivity contribution is 0.101. The summed E-state index contributed by atoms with van der Waals surface area (Å²) in [5, 5.41) is 14.2. The molecule has 0 spiro atoms. The zero-order valence-electron chi connectivity index (χ0n) is 21.1. The van der Waals surface area contributed by atoms with Gasteiger partial charge in [-0.1, -0.05) is 17.7 Å². The van der Waals surface area contributed by atoms with Crippen LogP contribution in [0.25, 0.3) is 22.0 Å². The number of halogens is 2. The highest BCUT2D eigenvalue weighted by molar-refractivity contribution is 6.32. The fourth-order valence-electron chi connectivity index (χ4n) is 5.84. The van der Waals surface area contributed by atoms with Crippen LogP contribution in [-0.2, 0) is 0 Å². The zero-order valence-corrected chi connectivity index (χ0v) is 21.9. The summed E-state index contributed by atoms with van der Waals surface area (Å²) in [5.74, 6) is -0.727. The Morgan fingerprint density at radius 1 is 1.19 bits per heavy atom. The molecule has 196 valence electrons. The molecule has 2 aromatic carbocycles. The third-order valence-corrected chi connectivity index (χ3v) is 8.14. The van der Waals surface area contributed by atoms with Crippen molar-refractivity contribution in [1.82, 2.24) is 9.88 Å². The third-order valence-electron chi connectivity index (χ3n) is 7.85. The molecular weight excluding hydrogens is 491 g/mol. The molecule has 1 atom stereocenters. The van der Waals surface area contributed by atoms with E-state index >= 15 is 0 Å². The summed E-state index contributed by atoms with van der Waals surface area (Å²) in [6.07, 6.45) is 8.29. The van der Waals surface area contributed by atoms with Crippen LogP contribution in [0.2, 0.25) is 5.02 Å². The number of nitrogens with zero attached hydrogens (tertiary/aromatic N) is 2. The molecule has 1 saturated heterocycles. The number of nitrogens with one attached hydrogen (secondary N) is 1. The quantitative estimate of drug-likeness (QED) is 0.343. The maximum atomic E-state index is 14.2. The highest BCUT2D eigenvalue weighted by Gasteiger charge is 2.26. The van der Waals surface area contributed by atoms with Crippen molar-refractivity contribution < 1.29 is 14.3 Å². The van der Waals surface area contributed by atoms with Crippen molar-refractivity contribution in [2.24, 2.45) is 11.7 Å². The molecule has 2 aliphatic rings. The van der Waals surface area contributed by atoms with Crippen LogP contribution < -0.4 is 11.1 Å². The highest BCUT2D eigenvalue weighted by atomic mass is 35.5. The summed E-state index contributed by atoms with van der Waals surface area (Å²) in [7, 11) is 0. The number of likely N-dealkylation sites (tertiary alicyclic amines) is 1. The molecule has 2 fully saturated rings. The summed E-state index contributed by atoms with van der Waals surface area (Å²) in [6.45, 7) is 4.82. The average Bonchev–Trinajstić information content (AvgIpc) is 2.88. The number of rotatable bonds is 6. The van der Waals surface area contributed by atoms with Crippen molar-refractivity contribution in [3.63, 3.8) is 0 Å². The van der Waals surface area contributed by atoms with E-state index < -0.39 is 11.6 Å². The molecule has 8 heteroatoms.